The quantitative estimate of drug-likeness (QED) is 0.844. The van der Waals surface area contributed by atoms with Crippen LogP contribution < -0.4 is 5.32 Å². The third kappa shape index (κ3) is 3.58. The summed E-state index contributed by atoms with van der Waals surface area (Å²) >= 11 is 0. The van der Waals surface area contributed by atoms with Crippen LogP contribution in [0.5, 0.6) is 0 Å². The first kappa shape index (κ1) is 17.1. The predicted octanol–water partition coefficient (Wildman–Crippen LogP) is 1.97. The van der Waals surface area contributed by atoms with Gasteiger partial charge in [0.2, 0.25) is 0 Å². The molecule has 0 spiro atoms. The van der Waals surface area contributed by atoms with Gasteiger partial charge in [0.1, 0.15) is 0 Å². The highest BCUT2D eigenvalue weighted by Crippen LogP contribution is 2.46. The van der Waals surface area contributed by atoms with Crippen LogP contribution in [-0.2, 0) is 11.2 Å². The minimum atomic E-state index is -6.54. The number of carbonyl (C=O) groups excluding carboxylic acids is 1. The Morgan fingerprint density at radius 2 is 1.71 bits per heavy atom. The van der Waals surface area contributed by atoms with Crippen molar-refractivity contribution in [1.29, 1.82) is 0 Å². The number of alkyl halides is 7. The topological polar surface area (TPSA) is 54.9 Å². The van der Waals surface area contributed by atoms with E-state index in [0.717, 1.165) is 0 Å². The third-order valence-corrected chi connectivity index (χ3v) is 2.32. The maximum absolute atomic E-state index is 12.9. The normalized spacial score (nSPS) is 13.1. The Labute approximate surface area is 113 Å². The first-order valence-corrected chi connectivity index (χ1v) is 5.35. The highest BCUT2D eigenvalue weighted by atomic mass is 19.4. The van der Waals surface area contributed by atoms with E-state index in [1.165, 1.54) is 23.9 Å². The minimum Gasteiger partial charge on any atom is -0.350 e. The highest BCUT2D eigenvalue weighted by molar-refractivity contribution is 5.84. The molecule has 1 rings (SSSR count). The van der Waals surface area contributed by atoms with Gasteiger partial charge < -0.3 is 5.32 Å². The molecule has 0 aliphatic heterocycles. The number of nitrogens with zero attached hydrogens (tertiary/aromatic N) is 2. The van der Waals surface area contributed by atoms with Crippen molar-refractivity contribution in [3.63, 3.8) is 0 Å². The monoisotopic (exact) mass is 319 g/mol. The van der Waals surface area contributed by atoms with E-state index in [1.54, 1.807) is 0 Å². The fourth-order valence-corrected chi connectivity index (χ4v) is 1.19. The van der Waals surface area contributed by atoms with Gasteiger partial charge in [-0.05, 0) is 0 Å². The Balaban J connectivity index is 2.66. The maximum Gasteiger partial charge on any atom is 0.460 e. The van der Waals surface area contributed by atoms with Gasteiger partial charge in [0.25, 0.3) is 5.91 Å². The number of rotatable bonds is 5. The zero-order chi connectivity index (χ0) is 16.3. The number of nitrogens with one attached hydrogen (secondary N) is 1. The lowest BCUT2D eigenvalue weighted by Gasteiger charge is -2.27. The van der Waals surface area contributed by atoms with Crippen LogP contribution in [0.3, 0.4) is 0 Å². The average Bonchev–Trinajstić information content (AvgIpc) is 2.38. The van der Waals surface area contributed by atoms with Gasteiger partial charge in [-0.25, -0.2) is 0 Å². The molecular weight excluding hydrogens is 311 g/mol. The summed E-state index contributed by atoms with van der Waals surface area (Å²) in [6.07, 6.45) is -2.93. The van der Waals surface area contributed by atoms with Crippen molar-refractivity contribution in [1.82, 2.24) is 15.3 Å². The lowest BCUT2D eigenvalue weighted by Crippen LogP contribution is -2.59. The molecule has 0 bridgehead atoms. The first-order chi connectivity index (χ1) is 9.50. The number of hydrogen-bond donors (Lipinski definition) is 1. The van der Waals surface area contributed by atoms with Crippen molar-refractivity contribution >= 4 is 5.91 Å². The average molecular weight is 319 g/mol. The van der Waals surface area contributed by atoms with E-state index in [0.29, 0.717) is 0 Å². The number of carbonyl (C=O) groups is 1. The van der Waals surface area contributed by atoms with E-state index in [2.05, 4.69) is 9.97 Å². The fraction of sp³-hybridized carbons (Fsp3) is 0.500. The van der Waals surface area contributed by atoms with Gasteiger partial charge in [-0.2, -0.15) is 30.7 Å². The van der Waals surface area contributed by atoms with E-state index in [-0.39, 0.29) is 12.1 Å². The Bertz CT molecular complexity index is 489. The molecule has 1 N–H and O–H groups in total. The zero-order valence-electron chi connectivity index (χ0n) is 10.1. The molecule has 4 nitrogen and oxygen atoms in total. The van der Waals surface area contributed by atoms with Gasteiger partial charge in [0.15, 0.2) is 0 Å². The van der Waals surface area contributed by atoms with E-state index in [1.807, 2.05) is 0 Å². The molecule has 0 unspecified atom stereocenters. The molecule has 1 heterocycles. The van der Waals surface area contributed by atoms with Gasteiger partial charge in [-0.1, -0.05) is 0 Å². The van der Waals surface area contributed by atoms with Crippen LogP contribution in [0, 0.1) is 0 Å². The molecule has 0 aliphatic rings. The summed E-state index contributed by atoms with van der Waals surface area (Å²) in [4.78, 5) is 18.2. The molecular formula is C10H8F7N3O. The first-order valence-electron chi connectivity index (χ1n) is 5.35. The molecule has 21 heavy (non-hydrogen) atoms. The van der Waals surface area contributed by atoms with Crippen LogP contribution in [0.2, 0.25) is 0 Å². The SMILES string of the molecule is O=C(NCCc1cnccn1)C(F)(F)C(F)(F)C(F)(F)F. The maximum atomic E-state index is 12.9. The van der Waals surface area contributed by atoms with E-state index in [9.17, 15) is 35.5 Å². The van der Waals surface area contributed by atoms with Gasteiger partial charge in [-0.3, -0.25) is 14.8 Å². The van der Waals surface area contributed by atoms with E-state index in [4.69, 9.17) is 0 Å². The Morgan fingerprint density at radius 3 is 2.19 bits per heavy atom. The predicted molar refractivity (Wildman–Crippen MR) is 54.7 cm³/mol. The van der Waals surface area contributed by atoms with Crippen LogP contribution in [0.25, 0.3) is 0 Å². The lowest BCUT2D eigenvalue weighted by atomic mass is 10.1. The molecule has 0 aliphatic carbocycles. The standard InChI is InChI=1S/C10H8F7N3O/c11-8(12,9(13,14)10(15,16)17)7(21)20-2-1-6-5-18-3-4-19-6/h3-5H,1-2H2,(H,20,21). The molecule has 0 atom stereocenters. The van der Waals surface area contributed by atoms with Gasteiger partial charge >= 0.3 is 18.0 Å². The van der Waals surface area contributed by atoms with Gasteiger partial charge in [0, 0.05) is 31.6 Å². The molecule has 1 aromatic heterocycles. The number of halogens is 7. The Morgan fingerprint density at radius 1 is 1.10 bits per heavy atom. The largest absolute Gasteiger partial charge is 0.460 e. The fourth-order valence-electron chi connectivity index (χ4n) is 1.19. The molecule has 0 aromatic carbocycles. The van der Waals surface area contributed by atoms with Crippen molar-refractivity contribution in [2.45, 2.75) is 24.4 Å². The number of hydrogen-bond acceptors (Lipinski definition) is 3. The summed E-state index contributed by atoms with van der Waals surface area (Å²) in [6.45, 7) is -0.596. The molecule has 0 fully saturated rings. The Kier molecular flexibility index (Phi) is 4.74. The molecule has 0 radical (unpaired) electrons. The molecule has 0 saturated carbocycles. The number of amides is 1. The second-order valence-corrected chi connectivity index (χ2v) is 3.85. The molecule has 0 saturated heterocycles. The number of aromatic nitrogens is 2. The molecule has 11 heteroatoms. The molecule has 1 amide bonds. The van der Waals surface area contributed by atoms with Crippen molar-refractivity contribution in [2.24, 2.45) is 0 Å². The summed E-state index contributed by atoms with van der Waals surface area (Å²) in [6, 6.07) is 0. The molecule has 118 valence electrons. The van der Waals surface area contributed by atoms with Crippen LogP contribution in [0.15, 0.2) is 18.6 Å². The van der Waals surface area contributed by atoms with Gasteiger partial charge in [-0.15, -0.1) is 0 Å². The lowest BCUT2D eigenvalue weighted by molar-refractivity contribution is -0.344. The molecule has 1 aromatic rings. The van der Waals surface area contributed by atoms with E-state index < -0.39 is 30.5 Å². The van der Waals surface area contributed by atoms with Crippen LogP contribution >= 0.6 is 0 Å². The van der Waals surface area contributed by atoms with E-state index >= 15 is 0 Å². The zero-order valence-corrected chi connectivity index (χ0v) is 10.1. The second kappa shape index (κ2) is 5.82. The highest BCUT2D eigenvalue weighted by Gasteiger charge is 2.76. The summed E-state index contributed by atoms with van der Waals surface area (Å²) in [5, 5.41) is 1.31. The van der Waals surface area contributed by atoms with Crippen molar-refractivity contribution in [3.8, 4) is 0 Å². The summed E-state index contributed by atoms with van der Waals surface area (Å²) < 4.78 is 86.5. The Hall–Kier alpha value is -1.94. The van der Waals surface area contributed by atoms with Gasteiger partial charge in [0.05, 0.1) is 5.69 Å². The summed E-state index contributed by atoms with van der Waals surface area (Å²) in [7, 11) is 0. The van der Waals surface area contributed by atoms with Crippen molar-refractivity contribution < 1.29 is 35.5 Å². The van der Waals surface area contributed by atoms with Crippen LogP contribution in [0.1, 0.15) is 5.69 Å². The minimum absolute atomic E-state index is 0.159. The van der Waals surface area contributed by atoms with Crippen LogP contribution in [0.4, 0.5) is 30.7 Å². The summed E-state index contributed by atoms with van der Waals surface area (Å²) in [5.74, 6) is -15.1. The third-order valence-electron chi connectivity index (χ3n) is 2.32. The smallest absolute Gasteiger partial charge is 0.350 e. The van der Waals surface area contributed by atoms with Crippen LogP contribution in [-0.4, -0.2) is 40.4 Å². The van der Waals surface area contributed by atoms with Crippen molar-refractivity contribution in [3.05, 3.63) is 24.3 Å². The van der Waals surface area contributed by atoms with Crippen molar-refractivity contribution in [2.75, 3.05) is 6.54 Å². The summed E-state index contributed by atoms with van der Waals surface area (Å²) in [5.41, 5.74) is 0.240. The second-order valence-electron chi connectivity index (χ2n) is 3.85.